The van der Waals surface area contributed by atoms with Gasteiger partial charge in [0.15, 0.2) is 5.82 Å². The van der Waals surface area contributed by atoms with Gasteiger partial charge in [0.05, 0.1) is 6.54 Å². The van der Waals surface area contributed by atoms with E-state index in [4.69, 9.17) is 4.74 Å². The lowest BCUT2D eigenvalue weighted by Crippen LogP contribution is -2.02. The van der Waals surface area contributed by atoms with Gasteiger partial charge in [-0.05, 0) is 12.1 Å². The van der Waals surface area contributed by atoms with Gasteiger partial charge in [0.2, 0.25) is 4.96 Å². The molecule has 0 aliphatic rings. The van der Waals surface area contributed by atoms with Crippen molar-refractivity contribution in [3.05, 3.63) is 41.2 Å². The molecule has 2 aromatic heterocycles. The summed E-state index contributed by atoms with van der Waals surface area (Å²) in [5.74, 6) is 0.722. The molecule has 3 aromatic rings. The normalized spacial score (nSPS) is 11.0. The molecule has 2 heterocycles. The molecular formula is C12H13N5OS. The molecule has 0 fully saturated rings. The van der Waals surface area contributed by atoms with Crippen molar-refractivity contribution in [3.63, 3.8) is 0 Å². The maximum absolute atomic E-state index is 5.06. The van der Waals surface area contributed by atoms with E-state index < -0.39 is 0 Å². The first-order chi connectivity index (χ1) is 9.36. The van der Waals surface area contributed by atoms with Crippen LogP contribution in [0.15, 0.2) is 30.3 Å². The Balaban J connectivity index is 1.75. The predicted octanol–water partition coefficient (Wildman–Crippen LogP) is 1.94. The van der Waals surface area contributed by atoms with Gasteiger partial charge in [-0.1, -0.05) is 29.5 Å². The van der Waals surface area contributed by atoms with Crippen molar-refractivity contribution in [2.24, 2.45) is 0 Å². The molecule has 0 saturated heterocycles. The summed E-state index contributed by atoms with van der Waals surface area (Å²) in [6.45, 7) is 1.08. The van der Waals surface area contributed by atoms with Crippen LogP contribution < -0.4 is 5.32 Å². The number of methoxy groups -OCH3 is 1. The quantitative estimate of drug-likeness (QED) is 0.771. The number of hydrogen-bond donors (Lipinski definition) is 1. The molecule has 0 unspecified atom stereocenters. The first kappa shape index (κ1) is 12.1. The molecule has 0 atom stereocenters. The van der Waals surface area contributed by atoms with Gasteiger partial charge in [-0.3, -0.25) is 0 Å². The van der Waals surface area contributed by atoms with Gasteiger partial charge >= 0.3 is 0 Å². The largest absolute Gasteiger partial charge is 0.378 e. The molecule has 7 heteroatoms. The summed E-state index contributed by atoms with van der Waals surface area (Å²) < 4.78 is 6.79. The van der Waals surface area contributed by atoms with Crippen LogP contribution in [0, 0.1) is 0 Å². The highest BCUT2D eigenvalue weighted by Crippen LogP contribution is 2.16. The molecule has 3 rings (SSSR count). The third-order valence-electron chi connectivity index (χ3n) is 2.59. The van der Waals surface area contributed by atoms with Gasteiger partial charge in [0.1, 0.15) is 11.6 Å². The van der Waals surface area contributed by atoms with E-state index in [0.717, 1.165) is 21.5 Å². The van der Waals surface area contributed by atoms with Crippen LogP contribution in [0.4, 0.5) is 5.69 Å². The van der Waals surface area contributed by atoms with Crippen molar-refractivity contribution in [3.8, 4) is 0 Å². The number of hydrogen-bond acceptors (Lipinski definition) is 6. The summed E-state index contributed by atoms with van der Waals surface area (Å²) in [7, 11) is 1.63. The van der Waals surface area contributed by atoms with E-state index in [9.17, 15) is 0 Å². The smallest absolute Gasteiger partial charge is 0.234 e. The molecule has 1 aromatic carbocycles. The Kier molecular flexibility index (Phi) is 3.39. The van der Waals surface area contributed by atoms with Crippen LogP contribution in [0.3, 0.4) is 0 Å². The number of rotatable bonds is 5. The fourth-order valence-corrected chi connectivity index (χ4v) is 2.51. The van der Waals surface area contributed by atoms with E-state index in [1.807, 2.05) is 30.3 Å². The number of ether oxygens (including phenoxy) is 1. The van der Waals surface area contributed by atoms with E-state index >= 15 is 0 Å². The van der Waals surface area contributed by atoms with Gasteiger partial charge < -0.3 is 10.1 Å². The summed E-state index contributed by atoms with van der Waals surface area (Å²) in [5.41, 5.74) is 1.07. The molecule has 0 radical (unpaired) electrons. The molecule has 0 aliphatic heterocycles. The monoisotopic (exact) mass is 275 g/mol. The minimum atomic E-state index is 0.413. The summed E-state index contributed by atoms with van der Waals surface area (Å²) in [6, 6.07) is 10.0. The van der Waals surface area contributed by atoms with E-state index in [-0.39, 0.29) is 0 Å². The second-order valence-electron chi connectivity index (χ2n) is 3.96. The van der Waals surface area contributed by atoms with Crippen molar-refractivity contribution in [2.45, 2.75) is 13.2 Å². The third-order valence-corrected chi connectivity index (χ3v) is 3.49. The maximum Gasteiger partial charge on any atom is 0.234 e. The molecule has 0 bridgehead atoms. The molecule has 0 amide bonds. The SMILES string of the molecule is COCc1nnc2sc(CNc3ccccc3)nn12. The molecule has 0 aliphatic carbocycles. The Bertz CT molecular complexity index is 663. The Hall–Kier alpha value is -1.99. The molecule has 6 nitrogen and oxygen atoms in total. The fourth-order valence-electron chi connectivity index (χ4n) is 1.72. The number of nitrogens with zero attached hydrogens (tertiary/aromatic N) is 4. The van der Waals surface area contributed by atoms with E-state index in [0.29, 0.717) is 13.2 Å². The van der Waals surface area contributed by atoms with Crippen LogP contribution in [0.5, 0.6) is 0 Å². The second kappa shape index (κ2) is 5.33. The Morgan fingerprint density at radius 3 is 2.89 bits per heavy atom. The van der Waals surface area contributed by atoms with Gasteiger partial charge in [-0.25, -0.2) is 0 Å². The third kappa shape index (κ3) is 2.56. The number of nitrogens with one attached hydrogen (secondary N) is 1. The van der Waals surface area contributed by atoms with E-state index in [1.54, 1.807) is 11.6 Å². The first-order valence-corrected chi connectivity index (χ1v) is 6.66. The van der Waals surface area contributed by atoms with Crippen LogP contribution in [0.25, 0.3) is 4.96 Å². The number of fused-ring (bicyclic) bond motifs is 1. The van der Waals surface area contributed by atoms with Crippen LogP contribution in [0.1, 0.15) is 10.8 Å². The van der Waals surface area contributed by atoms with Gasteiger partial charge in [-0.15, -0.1) is 10.2 Å². The van der Waals surface area contributed by atoms with Gasteiger partial charge in [0, 0.05) is 12.8 Å². The first-order valence-electron chi connectivity index (χ1n) is 5.84. The zero-order chi connectivity index (χ0) is 13.1. The molecule has 19 heavy (non-hydrogen) atoms. The molecule has 98 valence electrons. The highest BCUT2D eigenvalue weighted by Gasteiger charge is 2.10. The number of para-hydroxylation sites is 1. The second-order valence-corrected chi connectivity index (χ2v) is 5.00. The minimum Gasteiger partial charge on any atom is -0.378 e. The number of benzene rings is 1. The maximum atomic E-state index is 5.06. The van der Waals surface area contributed by atoms with Crippen molar-refractivity contribution >= 4 is 22.0 Å². The fraction of sp³-hybridized carbons (Fsp3) is 0.250. The van der Waals surface area contributed by atoms with Gasteiger partial charge in [0.25, 0.3) is 0 Å². The van der Waals surface area contributed by atoms with E-state index in [1.165, 1.54) is 11.3 Å². The predicted molar refractivity (Wildman–Crippen MR) is 73.1 cm³/mol. The van der Waals surface area contributed by atoms with Crippen LogP contribution in [-0.4, -0.2) is 26.9 Å². The molecule has 0 spiro atoms. The number of anilines is 1. The topological polar surface area (TPSA) is 64.3 Å². The highest BCUT2D eigenvalue weighted by atomic mass is 32.1. The van der Waals surface area contributed by atoms with Gasteiger partial charge in [-0.2, -0.15) is 9.61 Å². The Labute approximate surface area is 114 Å². The van der Waals surface area contributed by atoms with Crippen molar-refractivity contribution < 1.29 is 4.74 Å². The number of aromatic nitrogens is 4. The average molecular weight is 275 g/mol. The zero-order valence-electron chi connectivity index (χ0n) is 10.4. The summed E-state index contributed by atoms with van der Waals surface area (Å²) in [6.07, 6.45) is 0. The highest BCUT2D eigenvalue weighted by molar-refractivity contribution is 7.16. The van der Waals surface area contributed by atoms with Crippen LogP contribution in [-0.2, 0) is 17.9 Å². The lowest BCUT2D eigenvalue weighted by atomic mass is 10.3. The molecule has 0 saturated carbocycles. The van der Waals surface area contributed by atoms with Crippen LogP contribution >= 0.6 is 11.3 Å². The van der Waals surface area contributed by atoms with Crippen molar-refractivity contribution in [1.82, 2.24) is 19.8 Å². The zero-order valence-corrected chi connectivity index (χ0v) is 11.2. The lowest BCUT2D eigenvalue weighted by molar-refractivity contribution is 0.176. The minimum absolute atomic E-state index is 0.413. The molecule has 1 N–H and O–H groups in total. The van der Waals surface area contributed by atoms with Crippen LogP contribution in [0.2, 0.25) is 0 Å². The summed E-state index contributed by atoms with van der Waals surface area (Å²) in [5, 5.41) is 16.9. The van der Waals surface area contributed by atoms with Crippen molar-refractivity contribution in [1.29, 1.82) is 0 Å². The Morgan fingerprint density at radius 1 is 1.26 bits per heavy atom. The standard InChI is InChI=1S/C12H13N5OS/c1-18-8-10-14-15-12-17(10)16-11(19-12)7-13-9-5-3-2-4-6-9/h2-6,13H,7-8H2,1H3. The average Bonchev–Trinajstić information content (AvgIpc) is 3.00. The van der Waals surface area contributed by atoms with Crippen molar-refractivity contribution in [2.75, 3.05) is 12.4 Å². The summed E-state index contributed by atoms with van der Waals surface area (Å²) in [4.78, 5) is 0.789. The Morgan fingerprint density at radius 2 is 2.11 bits per heavy atom. The summed E-state index contributed by atoms with van der Waals surface area (Å²) >= 11 is 1.52. The lowest BCUT2D eigenvalue weighted by Gasteiger charge is -2.02. The van der Waals surface area contributed by atoms with E-state index in [2.05, 4.69) is 20.6 Å². The molecular weight excluding hydrogens is 262 g/mol.